The summed E-state index contributed by atoms with van der Waals surface area (Å²) in [5.41, 5.74) is 0.189. The van der Waals surface area contributed by atoms with Gasteiger partial charge in [-0.15, -0.1) is 0 Å². The number of hydrogen-bond acceptors (Lipinski definition) is 6. The number of methoxy groups -OCH3 is 1. The van der Waals surface area contributed by atoms with Gasteiger partial charge in [0.25, 0.3) is 0 Å². The van der Waals surface area contributed by atoms with Crippen LogP contribution >= 0.6 is 0 Å². The van der Waals surface area contributed by atoms with Gasteiger partial charge in [-0.25, -0.2) is 0 Å². The number of benzene rings is 3. The Morgan fingerprint density at radius 1 is 0.889 bits per heavy atom. The Bertz CT molecular complexity index is 1140. The molecule has 0 spiro atoms. The summed E-state index contributed by atoms with van der Waals surface area (Å²) < 4.78 is 5.20. The molecule has 0 aliphatic heterocycles. The Labute approximate surface area is 154 Å². The number of carbonyl (C=O) groups is 2. The van der Waals surface area contributed by atoms with E-state index in [0.717, 1.165) is 0 Å². The number of aliphatic hydroxyl groups is 1. The van der Waals surface area contributed by atoms with E-state index in [1.165, 1.54) is 25.3 Å². The third kappa shape index (κ3) is 2.23. The molecule has 136 valence electrons. The van der Waals surface area contributed by atoms with Crippen LogP contribution in [0.5, 0.6) is 17.2 Å². The number of fused-ring (bicyclic) bond motifs is 3. The van der Waals surface area contributed by atoms with Gasteiger partial charge < -0.3 is 20.1 Å². The minimum atomic E-state index is -0.797. The first kappa shape index (κ1) is 17.1. The molecule has 0 unspecified atom stereocenters. The topological polar surface area (TPSA) is 104 Å². The van der Waals surface area contributed by atoms with Gasteiger partial charge in [-0.3, -0.25) is 9.59 Å². The fourth-order valence-electron chi connectivity index (χ4n) is 3.56. The molecule has 1 aliphatic carbocycles. The first-order valence-corrected chi connectivity index (χ1v) is 8.32. The average molecular weight is 364 g/mol. The normalized spacial score (nSPS) is 14.0. The predicted octanol–water partition coefficient (Wildman–Crippen LogP) is 3.09. The van der Waals surface area contributed by atoms with E-state index in [1.807, 2.05) is 0 Å². The van der Waals surface area contributed by atoms with Crippen LogP contribution in [0.3, 0.4) is 0 Å². The lowest BCUT2D eigenvalue weighted by atomic mass is 9.80. The van der Waals surface area contributed by atoms with Gasteiger partial charge in [0.2, 0.25) is 5.78 Å². The minimum absolute atomic E-state index is 0.0622. The second-order valence-corrected chi connectivity index (χ2v) is 6.47. The monoisotopic (exact) mass is 364 g/mol. The van der Waals surface area contributed by atoms with Gasteiger partial charge >= 0.3 is 0 Å². The molecule has 3 N–H and O–H groups in total. The lowest BCUT2D eigenvalue weighted by Gasteiger charge is -2.22. The van der Waals surface area contributed by atoms with Crippen molar-refractivity contribution >= 4 is 22.3 Å². The molecule has 6 nitrogen and oxygen atoms in total. The van der Waals surface area contributed by atoms with E-state index in [4.69, 9.17) is 4.74 Å². The standard InChI is InChI=1S/C21H16O6/c1-9(22)10-6-7-11-13(8-10)20(25)16-17(18(11)23)21(26)15-12(19(16)24)4-3-5-14(15)27-2/h3-9,22-23,25H,1-2H3/t9-/m1/s1. The average Bonchev–Trinajstić information content (AvgIpc) is 2.67. The van der Waals surface area contributed by atoms with E-state index in [-0.39, 0.29) is 44.5 Å². The minimum Gasteiger partial charge on any atom is -0.506 e. The molecular formula is C21H16O6. The van der Waals surface area contributed by atoms with Crippen molar-refractivity contribution in [1.29, 1.82) is 0 Å². The highest BCUT2D eigenvalue weighted by Crippen LogP contribution is 2.46. The molecule has 0 amide bonds. The third-order valence-corrected chi connectivity index (χ3v) is 4.93. The molecule has 0 heterocycles. The Kier molecular flexibility index (Phi) is 3.68. The van der Waals surface area contributed by atoms with Crippen molar-refractivity contribution in [2.24, 2.45) is 0 Å². The molecule has 27 heavy (non-hydrogen) atoms. The number of phenols is 2. The fourth-order valence-corrected chi connectivity index (χ4v) is 3.56. The summed E-state index contributed by atoms with van der Waals surface area (Å²) in [6.07, 6.45) is -0.797. The molecule has 4 rings (SSSR count). The fraction of sp³-hybridized carbons (Fsp3) is 0.143. The summed E-state index contributed by atoms with van der Waals surface area (Å²) in [6, 6.07) is 9.20. The molecule has 0 saturated carbocycles. The Hall–Kier alpha value is -3.38. The number of carbonyl (C=O) groups excluding carboxylic acids is 2. The second kappa shape index (κ2) is 5.82. The second-order valence-electron chi connectivity index (χ2n) is 6.47. The first-order chi connectivity index (χ1) is 12.9. The van der Waals surface area contributed by atoms with Crippen LogP contribution in [0, 0.1) is 0 Å². The van der Waals surface area contributed by atoms with Crippen LogP contribution in [0.2, 0.25) is 0 Å². The molecule has 0 fully saturated rings. The zero-order chi connectivity index (χ0) is 19.5. The maximum atomic E-state index is 13.1. The Morgan fingerprint density at radius 3 is 2.22 bits per heavy atom. The molecule has 3 aromatic carbocycles. The molecular weight excluding hydrogens is 348 g/mol. The molecule has 1 aliphatic rings. The molecule has 0 saturated heterocycles. The van der Waals surface area contributed by atoms with Gasteiger partial charge in [-0.1, -0.05) is 24.3 Å². The van der Waals surface area contributed by atoms with Gasteiger partial charge in [-0.05, 0) is 24.6 Å². The van der Waals surface area contributed by atoms with Crippen molar-refractivity contribution in [2.45, 2.75) is 13.0 Å². The lowest BCUT2D eigenvalue weighted by molar-refractivity contribution is 0.0972. The number of hydrogen-bond donors (Lipinski definition) is 3. The molecule has 1 atom stereocenters. The summed E-state index contributed by atoms with van der Waals surface area (Å²) in [5, 5.41) is 31.7. The van der Waals surface area contributed by atoms with Crippen LogP contribution in [-0.2, 0) is 0 Å². The van der Waals surface area contributed by atoms with Crippen molar-refractivity contribution in [2.75, 3.05) is 7.11 Å². The van der Waals surface area contributed by atoms with Gasteiger partial charge in [-0.2, -0.15) is 0 Å². The third-order valence-electron chi connectivity index (χ3n) is 4.93. The smallest absolute Gasteiger partial charge is 0.202 e. The van der Waals surface area contributed by atoms with Crippen LogP contribution in [0.4, 0.5) is 0 Å². The van der Waals surface area contributed by atoms with E-state index < -0.39 is 23.4 Å². The number of ether oxygens (including phenoxy) is 1. The molecule has 0 bridgehead atoms. The highest BCUT2D eigenvalue weighted by Gasteiger charge is 2.38. The summed E-state index contributed by atoms with van der Waals surface area (Å²) >= 11 is 0. The lowest BCUT2D eigenvalue weighted by Crippen LogP contribution is -2.22. The number of aliphatic hydroxyl groups excluding tert-OH is 1. The highest BCUT2D eigenvalue weighted by molar-refractivity contribution is 6.33. The zero-order valence-corrected chi connectivity index (χ0v) is 14.6. The highest BCUT2D eigenvalue weighted by atomic mass is 16.5. The van der Waals surface area contributed by atoms with Crippen molar-refractivity contribution in [3.8, 4) is 17.2 Å². The summed E-state index contributed by atoms with van der Waals surface area (Å²) in [4.78, 5) is 26.1. The van der Waals surface area contributed by atoms with Crippen molar-refractivity contribution in [1.82, 2.24) is 0 Å². The first-order valence-electron chi connectivity index (χ1n) is 8.32. The number of rotatable bonds is 2. The summed E-state index contributed by atoms with van der Waals surface area (Å²) in [6.45, 7) is 1.56. The molecule has 0 radical (unpaired) electrons. The van der Waals surface area contributed by atoms with Crippen LogP contribution < -0.4 is 4.74 Å². The van der Waals surface area contributed by atoms with E-state index in [1.54, 1.807) is 25.1 Å². The van der Waals surface area contributed by atoms with Crippen molar-refractivity contribution in [3.63, 3.8) is 0 Å². The zero-order valence-electron chi connectivity index (χ0n) is 14.6. The van der Waals surface area contributed by atoms with Gasteiger partial charge in [0, 0.05) is 16.3 Å². The van der Waals surface area contributed by atoms with Gasteiger partial charge in [0.05, 0.1) is 29.9 Å². The Morgan fingerprint density at radius 2 is 1.56 bits per heavy atom. The van der Waals surface area contributed by atoms with Crippen LogP contribution in [0.15, 0.2) is 36.4 Å². The van der Waals surface area contributed by atoms with E-state index in [9.17, 15) is 24.9 Å². The van der Waals surface area contributed by atoms with Crippen molar-refractivity contribution in [3.05, 3.63) is 64.2 Å². The molecule has 3 aromatic rings. The van der Waals surface area contributed by atoms with Crippen LogP contribution in [0.25, 0.3) is 10.8 Å². The van der Waals surface area contributed by atoms with Crippen molar-refractivity contribution < 1.29 is 29.6 Å². The molecule has 0 aromatic heterocycles. The Balaban J connectivity index is 2.11. The SMILES string of the molecule is COc1cccc2c1C(=O)c1c(c(O)c3cc([C@@H](C)O)ccc3c1O)C2=O. The maximum absolute atomic E-state index is 13.1. The predicted molar refractivity (Wildman–Crippen MR) is 97.8 cm³/mol. The van der Waals surface area contributed by atoms with E-state index >= 15 is 0 Å². The summed E-state index contributed by atoms with van der Waals surface area (Å²) in [7, 11) is 1.39. The van der Waals surface area contributed by atoms with Gasteiger partial charge in [0.1, 0.15) is 17.2 Å². The summed E-state index contributed by atoms with van der Waals surface area (Å²) in [5.74, 6) is -1.72. The molecule has 6 heteroatoms. The number of phenolic OH excluding ortho intramolecular Hbond substituents is 2. The van der Waals surface area contributed by atoms with Crippen LogP contribution in [-0.4, -0.2) is 34.0 Å². The van der Waals surface area contributed by atoms with E-state index in [2.05, 4.69) is 0 Å². The van der Waals surface area contributed by atoms with E-state index in [0.29, 0.717) is 5.56 Å². The number of aromatic hydroxyl groups is 2. The largest absolute Gasteiger partial charge is 0.506 e. The number of ketones is 2. The van der Waals surface area contributed by atoms with Crippen LogP contribution in [0.1, 0.15) is 50.4 Å². The maximum Gasteiger partial charge on any atom is 0.202 e. The van der Waals surface area contributed by atoms with Gasteiger partial charge in [0.15, 0.2) is 5.78 Å². The quantitative estimate of drug-likeness (QED) is 0.472.